The molecule has 0 spiro atoms. The van der Waals surface area contributed by atoms with Crippen molar-refractivity contribution in [3.05, 3.63) is 65.2 Å². The predicted octanol–water partition coefficient (Wildman–Crippen LogP) is 1.79. The Balaban J connectivity index is 1.63. The van der Waals surface area contributed by atoms with Gasteiger partial charge in [0.2, 0.25) is 0 Å². The molecule has 9 heteroatoms. The molecule has 4 N–H and O–H groups in total. The van der Waals surface area contributed by atoms with Crippen LogP contribution in [0.1, 0.15) is 35.4 Å². The highest BCUT2D eigenvalue weighted by atomic mass is 32.2. The highest BCUT2D eigenvalue weighted by molar-refractivity contribution is 7.87. The molecule has 30 heavy (non-hydrogen) atoms. The van der Waals surface area contributed by atoms with Crippen molar-refractivity contribution in [2.24, 2.45) is 5.14 Å². The van der Waals surface area contributed by atoms with Crippen molar-refractivity contribution in [3.63, 3.8) is 0 Å². The van der Waals surface area contributed by atoms with Crippen molar-refractivity contribution in [1.82, 2.24) is 14.9 Å². The van der Waals surface area contributed by atoms with E-state index < -0.39 is 15.9 Å². The first-order valence-corrected chi connectivity index (χ1v) is 11.5. The van der Waals surface area contributed by atoms with E-state index in [4.69, 9.17) is 9.88 Å². The second kappa shape index (κ2) is 7.90. The summed E-state index contributed by atoms with van der Waals surface area (Å²) in [6.45, 7) is 0.401. The first-order valence-electron chi connectivity index (χ1n) is 9.91. The fourth-order valence-electron chi connectivity index (χ4n) is 3.98. The molecule has 1 atom stereocenters. The van der Waals surface area contributed by atoms with Crippen LogP contribution in [0.25, 0.3) is 0 Å². The van der Waals surface area contributed by atoms with Gasteiger partial charge in [-0.25, -0.2) is 9.93 Å². The van der Waals surface area contributed by atoms with E-state index in [1.54, 1.807) is 7.11 Å². The van der Waals surface area contributed by atoms with E-state index in [0.717, 1.165) is 11.3 Å². The van der Waals surface area contributed by atoms with E-state index in [2.05, 4.69) is 10.0 Å². The van der Waals surface area contributed by atoms with Gasteiger partial charge in [0.1, 0.15) is 5.75 Å². The van der Waals surface area contributed by atoms with Crippen LogP contribution in [-0.4, -0.2) is 39.5 Å². The lowest BCUT2D eigenvalue weighted by atomic mass is 9.97. The van der Waals surface area contributed by atoms with Crippen LogP contribution in [0, 0.1) is 0 Å². The van der Waals surface area contributed by atoms with Crippen LogP contribution < -0.4 is 19.9 Å². The molecule has 1 aliphatic heterocycles. The number of ether oxygens (including phenoxy) is 1. The maximum atomic E-state index is 12.7. The number of nitrogens with one attached hydrogen (secondary N) is 2. The number of carbonyl (C=O) groups excluding carboxylic acids is 1. The van der Waals surface area contributed by atoms with Gasteiger partial charge >= 0.3 is 6.03 Å². The average molecular weight is 431 g/mol. The molecular formula is C21H26N4O4S. The third kappa shape index (κ3) is 4.28. The fourth-order valence-corrected chi connectivity index (χ4v) is 4.76. The lowest BCUT2D eigenvalue weighted by Gasteiger charge is -2.37. The summed E-state index contributed by atoms with van der Waals surface area (Å²) in [5.41, 5.74) is 1.63. The quantitative estimate of drug-likeness (QED) is 0.592. The van der Waals surface area contributed by atoms with Gasteiger partial charge in [0.25, 0.3) is 10.2 Å². The molecule has 1 unspecified atom stereocenters. The van der Waals surface area contributed by atoms with Crippen LogP contribution >= 0.6 is 0 Å². The highest BCUT2D eigenvalue weighted by Crippen LogP contribution is 2.41. The Kier molecular flexibility index (Phi) is 5.44. The van der Waals surface area contributed by atoms with Crippen LogP contribution in [-0.2, 0) is 22.3 Å². The standard InChI is InChI=1S/C21H26N4O4S/c1-29-19-10-2-15(3-11-19)12-13-25-20(26)23-14-21(25,24-30(22,27)28)18-8-6-17(7-9-18)16-4-5-16/h2-3,6-11,16,24H,4-5,12-14H2,1H3,(H,23,26)(H2,22,27,28). The van der Waals surface area contributed by atoms with E-state index in [9.17, 15) is 13.2 Å². The summed E-state index contributed by atoms with van der Waals surface area (Å²) < 4.78 is 31.8. The molecule has 2 aliphatic rings. The van der Waals surface area contributed by atoms with Crippen molar-refractivity contribution >= 4 is 16.2 Å². The number of amides is 2. The van der Waals surface area contributed by atoms with Crippen LogP contribution in [0.4, 0.5) is 4.79 Å². The van der Waals surface area contributed by atoms with Gasteiger partial charge in [0.15, 0.2) is 5.66 Å². The van der Waals surface area contributed by atoms with Gasteiger partial charge in [0, 0.05) is 6.54 Å². The van der Waals surface area contributed by atoms with Gasteiger partial charge in [-0.3, -0.25) is 4.90 Å². The Labute approximate surface area is 176 Å². The van der Waals surface area contributed by atoms with Crippen LogP contribution in [0.5, 0.6) is 5.75 Å². The van der Waals surface area contributed by atoms with E-state index in [-0.39, 0.29) is 12.6 Å². The molecular weight excluding hydrogens is 404 g/mol. The molecule has 8 nitrogen and oxygen atoms in total. The molecule has 0 aromatic heterocycles. The maximum Gasteiger partial charge on any atom is 0.319 e. The second-order valence-electron chi connectivity index (χ2n) is 7.81. The molecule has 0 radical (unpaired) electrons. The molecule has 1 saturated heterocycles. The van der Waals surface area contributed by atoms with Gasteiger partial charge < -0.3 is 10.1 Å². The summed E-state index contributed by atoms with van der Waals surface area (Å²) in [6.07, 6.45) is 2.90. The first-order chi connectivity index (χ1) is 14.3. The van der Waals surface area contributed by atoms with Crippen molar-refractivity contribution < 1.29 is 17.9 Å². The minimum absolute atomic E-state index is 0.0909. The summed E-state index contributed by atoms with van der Waals surface area (Å²) in [4.78, 5) is 14.2. The predicted molar refractivity (Wildman–Crippen MR) is 113 cm³/mol. The molecule has 1 heterocycles. The smallest absolute Gasteiger partial charge is 0.319 e. The molecule has 4 rings (SSSR count). The molecule has 0 bridgehead atoms. The maximum absolute atomic E-state index is 12.7. The molecule has 1 saturated carbocycles. The van der Waals surface area contributed by atoms with Gasteiger partial charge in [-0.05, 0) is 54.0 Å². The van der Waals surface area contributed by atoms with Crippen LogP contribution in [0.2, 0.25) is 0 Å². The lowest BCUT2D eigenvalue weighted by molar-refractivity contribution is 0.147. The first kappa shape index (κ1) is 20.6. The fraction of sp³-hybridized carbons (Fsp3) is 0.381. The largest absolute Gasteiger partial charge is 0.497 e. The molecule has 2 aromatic rings. The molecule has 2 aromatic carbocycles. The third-order valence-corrected chi connectivity index (χ3v) is 6.35. The van der Waals surface area contributed by atoms with Crippen molar-refractivity contribution in [3.8, 4) is 5.75 Å². The van der Waals surface area contributed by atoms with Crippen molar-refractivity contribution in [2.75, 3.05) is 20.2 Å². The third-order valence-electron chi connectivity index (χ3n) is 5.73. The second-order valence-corrected chi connectivity index (χ2v) is 9.11. The summed E-state index contributed by atoms with van der Waals surface area (Å²) in [6, 6.07) is 15.0. The Bertz CT molecular complexity index is 1020. The average Bonchev–Trinajstić information content (AvgIpc) is 3.52. The minimum atomic E-state index is -4.08. The number of rotatable bonds is 8. The Hall–Kier alpha value is -2.62. The lowest BCUT2D eigenvalue weighted by Crippen LogP contribution is -2.59. The number of hydrogen-bond donors (Lipinski definition) is 3. The number of urea groups is 1. The van der Waals surface area contributed by atoms with E-state index in [1.807, 2.05) is 48.5 Å². The van der Waals surface area contributed by atoms with Crippen molar-refractivity contribution in [1.29, 1.82) is 0 Å². The monoisotopic (exact) mass is 430 g/mol. The Morgan fingerprint density at radius 1 is 1.17 bits per heavy atom. The van der Waals surface area contributed by atoms with E-state index in [0.29, 0.717) is 24.4 Å². The number of carbonyl (C=O) groups is 1. The number of hydrogen-bond acceptors (Lipinski definition) is 4. The van der Waals surface area contributed by atoms with E-state index >= 15 is 0 Å². The molecule has 160 valence electrons. The van der Waals surface area contributed by atoms with Gasteiger partial charge in [-0.2, -0.15) is 13.1 Å². The van der Waals surface area contributed by atoms with Crippen LogP contribution in [0.3, 0.4) is 0 Å². The Morgan fingerprint density at radius 3 is 2.40 bits per heavy atom. The van der Waals surface area contributed by atoms with Gasteiger partial charge in [-0.1, -0.05) is 36.4 Å². The summed E-state index contributed by atoms with van der Waals surface area (Å²) in [7, 11) is -2.47. The Morgan fingerprint density at radius 2 is 1.83 bits per heavy atom. The zero-order valence-corrected chi connectivity index (χ0v) is 17.6. The summed E-state index contributed by atoms with van der Waals surface area (Å²) >= 11 is 0. The van der Waals surface area contributed by atoms with Crippen molar-refractivity contribution in [2.45, 2.75) is 30.8 Å². The zero-order valence-electron chi connectivity index (χ0n) is 16.8. The minimum Gasteiger partial charge on any atom is -0.497 e. The number of nitrogens with two attached hydrogens (primary N) is 1. The number of benzene rings is 2. The molecule has 1 aliphatic carbocycles. The number of nitrogens with zero attached hydrogens (tertiary/aromatic N) is 1. The van der Waals surface area contributed by atoms with Gasteiger partial charge in [0.05, 0.1) is 13.7 Å². The zero-order chi connectivity index (χ0) is 21.4. The SMILES string of the molecule is COc1ccc(CCN2C(=O)NCC2(NS(N)(=O)=O)c2ccc(C3CC3)cc2)cc1. The highest BCUT2D eigenvalue weighted by Gasteiger charge is 2.48. The van der Waals surface area contributed by atoms with Crippen LogP contribution in [0.15, 0.2) is 48.5 Å². The summed E-state index contributed by atoms with van der Waals surface area (Å²) in [5, 5.41) is 8.12. The topological polar surface area (TPSA) is 114 Å². The summed E-state index contributed by atoms with van der Waals surface area (Å²) in [5.74, 6) is 1.33. The van der Waals surface area contributed by atoms with E-state index in [1.165, 1.54) is 23.3 Å². The number of methoxy groups -OCH3 is 1. The van der Waals surface area contributed by atoms with Gasteiger partial charge in [-0.15, -0.1) is 0 Å². The molecule has 2 amide bonds. The normalized spacial score (nSPS) is 21.5. The molecule has 2 fully saturated rings.